The fourth-order valence-electron chi connectivity index (χ4n) is 3.17. The fraction of sp³-hybridized carbons (Fsp3) is 0.476. The number of aromatic nitrogens is 5. The van der Waals surface area contributed by atoms with Crippen LogP contribution in [0.2, 0.25) is 0 Å². The van der Waals surface area contributed by atoms with Gasteiger partial charge in [-0.2, -0.15) is 10.1 Å². The molecule has 3 rings (SSSR count). The van der Waals surface area contributed by atoms with Crippen LogP contribution in [0.3, 0.4) is 0 Å². The van der Waals surface area contributed by atoms with Gasteiger partial charge in [-0.15, -0.1) is 0 Å². The molecule has 10 nitrogen and oxygen atoms in total. The first-order chi connectivity index (χ1) is 14.7. The lowest BCUT2D eigenvalue weighted by Gasteiger charge is -2.22. The number of aromatic carboxylic acids is 1. The Morgan fingerprint density at radius 3 is 2.61 bits per heavy atom. The van der Waals surface area contributed by atoms with E-state index in [1.807, 2.05) is 58.7 Å². The smallest absolute Gasteiger partial charge is 0.358 e. The molecule has 2 N–H and O–H groups in total. The Kier molecular flexibility index (Phi) is 6.69. The van der Waals surface area contributed by atoms with Crippen molar-refractivity contribution in [1.82, 2.24) is 24.7 Å². The molecule has 3 aromatic rings. The number of nitrogens with zero attached hydrogens (tertiary/aromatic N) is 6. The highest BCUT2D eigenvalue weighted by atomic mass is 16.5. The van der Waals surface area contributed by atoms with Crippen LogP contribution in [-0.2, 0) is 11.3 Å². The van der Waals surface area contributed by atoms with Gasteiger partial charge in [0.05, 0.1) is 13.2 Å². The Morgan fingerprint density at radius 1 is 1.26 bits per heavy atom. The third-order valence-electron chi connectivity index (χ3n) is 4.86. The molecule has 0 saturated heterocycles. The topological polar surface area (TPSA) is 118 Å². The van der Waals surface area contributed by atoms with Crippen LogP contribution in [0.25, 0.3) is 11.0 Å². The molecule has 0 amide bonds. The molecule has 31 heavy (non-hydrogen) atoms. The number of ether oxygens (including phenoxy) is 1. The molecular weight excluding hydrogens is 398 g/mol. The number of anilines is 3. The van der Waals surface area contributed by atoms with E-state index < -0.39 is 5.97 Å². The molecule has 0 fully saturated rings. The number of nitrogens with one attached hydrogen (secondary N) is 1. The van der Waals surface area contributed by atoms with E-state index in [4.69, 9.17) is 9.72 Å². The number of carboxylic acids is 1. The minimum absolute atomic E-state index is 0.117. The summed E-state index contributed by atoms with van der Waals surface area (Å²) in [5.74, 6) is 0.320. The average Bonchev–Trinajstić information content (AvgIpc) is 3.06. The lowest BCUT2D eigenvalue weighted by atomic mass is 10.2. The molecule has 166 valence electrons. The van der Waals surface area contributed by atoms with Gasteiger partial charge in [0.15, 0.2) is 11.5 Å². The van der Waals surface area contributed by atoms with Gasteiger partial charge in [0.2, 0.25) is 5.95 Å². The summed E-state index contributed by atoms with van der Waals surface area (Å²) in [6.45, 7) is 11.1. The van der Waals surface area contributed by atoms with Gasteiger partial charge in [-0.3, -0.25) is 4.68 Å². The Bertz CT molecular complexity index is 1070. The molecule has 0 atom stereocenters. The van der Waals surface area contributed by atoms with Crippen molar-refractivity contribution in [3.05, 3.63) is 29.1 Å². The van der Waals surface area contributed by atoms with Gasteiger partial charge in [-0.25, -0.2) is 14.8 Å². The minimum atomic E-state index is -1.15. The SMILES string of the molecule is CCOCCn1nc(C(=O)O)c2nc(N(C)C(C)C)nc(Nc3cc(C)cc(C)n3)c21. The van der Waals surface area contributed by atoms with Crippen molar-refractivity contribution >= 4 is 34.6 Å². The predicted octanol–water partition coefficient (Wildman–Crippen LogP) is 3.16. The van der Waals surface area contributed by atoms with Gasteiger partial charge >= 0.3 is 5.97 Å². The van der Waals surface area contributed by atoms with Crippen molar-refractivity contribution < 1.29 is 14.6 Å². The third-order valence-corrected chi connectivity index (χ3v) is 4.86. The van der Waals surface area contributed by atoms with E-state index in [0.717, 1.165) is 11.3 Å². The van der Waals surface area contributed by atoms with Gasteiger partial charge < -0.3 is 20.1 Å². The first kappa shape index (κ1) is 22.4. The van der Waals surface area contributed by atoms with E-state index >= 15 is 0 Å². The van der Waals surface area contributed by atoms with Crippen LogP contribution in [0.15, 0.2) is 12.1 Å². The Morgan fingerprint density at radius 2 is 2.00 bits per heavy atom. The molecule has 0 bridgehead atoms. The first-order valence-corrected chi connectivity index (χ1v) is 10.3. The zero-order chi connectivity index (χ0) is 22.7. The number of pyridine rings is 1. The van der Waals surface area contributed by atoms with Crippen molar-refractivity contribution in [1.29, 1.82) is 0 Å². The fourth-order valence-corrected chi connectivity index (χ4v) is 3.17. The average molecular weight is 428 g/mol. The Labute approximate surface area is 181 Å². The zero-order valence-corrected chi connectivity index (χ0v) is 18.8. The minimum Gasteiger partial charge on any atom is -0.476 e. The molecule has 0 aromatic carbocycles. The van der Waals surface area contributed by atoms with E-state index in [1.54, 1.807) is 4.68 Å². The summed E-state index contributed by atoms with van der Waals surface area (Å²) in [6.07, 6.45) is 0. The van der Waals surface area contributed by atoms with Crippen LogP contribution in [0, 0.1) is 13.8 Å². The van der Waals surface area contributed by atoms with Gasteiger partial charge in [0, 0.05) is 25.4 Å². The molecular formula is C21H29N7O3. The van der Waals surface area contributed by atoms with Crippen molar-refractivity contribution in [3.8, 4) is 0 Å². The van der Waals surface area contributed by atoms with Gasteiger partial charge in [-0.1, -0.05) is 0 Å². The summed E-state index contributed by atoms with van der Waals surface area (Å²) in [6, 6.07) is 4.00. The lowest BCUT2D eigenvalue weighted by Crippen LogP contribution is -2.28. The van der Waals surface area contributed by atoms with Gasteiger partial charge in [-0.05, 0) is 52.3 Å². The Hall–Kier alpha value is -3.27. The summed E-state index contributed by atoms with van der Waals surface area (Å²) >= 11 is 0. The van der Waals surface area contributed by atoms with Gasteiger partial charge in [0.25, 0.3) is 0 Å². The summed E-state index contributed by atoms with van der Waals surface area (Å²) in [5, 5.41) is 17.3. The van der Waals surface area contributed by atoms with Gasteiger partial charge in [0.1, 0.15) is 16.9 Å². The standard InChI is InChI=1S/C21H29N7O3/c1-7-31-9-8-28-18-16(17(26-28)20(29)30)24-21(27(6)12(2)3)25-19(18)23-15-11-13(4)10-14(5)22-15/h10-12H,7-9H2,1-6H3,(H,29,30)(H,22,23,24,25). The van der Waals surface area contributed by atoms with E-state index in [2.05, 4.69) is 20.4 Å². The normalized spacial score (nSPS) is 11.3. The molecule has 0 aliphatic heterocycles. The second kappa shape index (κ2) is 9.25. The molecule has 3 aromatic heterocycles. The second-order valence-corrected chi connectivity index (χ2v) is 7.64. The zero-order valence-electron chi connectivity index (χ0n) is 18.8. The summed E-state index contributed by atoms with van der Waals surface area (Å²) in [7, 11) is 1.87. The van der Waals surface area contributed by atoms with Crippen LogP contribution in [0.4, 0.5) is 17.6 Å². The number of rotatable bonds is 9. The number of carboxylic acid groups (broad SMARTS) is 1. The molecule has 0 aliphatic rings. The molecule has 0 radical (unpaired) electrons. The predicted molar refractivity (Wildman–Crippen MR) is 119 cm³/mol. The highest BCUT2D eigenvalue weighted by molar-refractivity contribution is 6.03. The molecule has 0 unspecified atom stereocenters. The van der Waals surface area contributed by atoms with Crippen molar-refractivity contribution in [3.63, 3.8) is 0 Å². The number of carbonyl (C=O) groups is 1. The van der Waals surface area contributed by atoms with Crippen molar-refractivity contribution in [2.75, 3.05) is 30.5 Å². The summed E-state index contributed by atoms with van der Waals surface area (Å²) in [4.78, 5) is 27.6. The molecule has 3 heterocycles. The maximum atomic E-state index is 11.9. The Balaban J connectivity index is 2.22. The summed E-state index contributed by atoms with van der Waals surface area (Å²) in [5.41, 5.74) is 2.57. The molecule has 0 aliphatic carbocycles. The van der Waals surface area contributed by atoms with E-state index in [9.17, 15) is 9.90 Å². The van der Waals surface area contributed by atoms with Crippen LogP contribution >= 0.6 is 0 Å². The highest BCUT2D eigenvalue weighted by Crippen LogP contribution is 2.29. The van der Waals surface area contributed by atoms with Crippen LogP contribution < -0.4 is 10.2 Å². The second-order valence-electron chi connectivity index (χ2n) is 7.64. The highest BCUT2D eigenvalue weighted by Gasteiger charge is 2.24. The van der Waals surface area contributed by atoms with Crippen LogP contribution in [-0.4, -0.2) is 62.1 Å². The molecule has 0 saturated carbocycles. The first-order valence-electron chi connectivity index (χ1n) is 10.3. The van der Waals surface area contributed by atoms with E-state index in [-0.39, 0.29) is 17.3 Å². The maximum Gasteiger partial charge on any atom is 0.358 e. The maximum absolute atomic E-state index is 11.9. The number of hydrogen-bond acceptors (Lipinski definition) is 8. The van der Waals surface area contributed by atoms with E-state index in [0.29, 0.717) is 42.9 Å². The largest absolute Gasteiger partial charge is 0.476 e. The lowest BCUT2D eigenvalue weighted by molar-refractivity contribution is 0.0690. The number of fused-ring (bicyclic) bond motifs is 1. The summed E-state index contributed by atoms with van der Waals surface area (Å²) < 4.78 is 7.03. The quantitative estimate of drug-likeness (QED) is 0.496. The van der Waals surface area contributed by atoms with Crippen molar-refractivity contribution in [2.45, 2.75) is 47.2 Å². The van der Waals surface area contributed by atoms with Crippen molar-refractivity contribution in [2.24, 2.45) is 0 Å². The monoisotopic (exact) mass is 427 g/mol. The van der Waals surface area contributed by atoms with Crippen LogP contribution in [0.1, 0.15) is 42.5 Å². The number of aryl methyl sites for hydroxylation is 2. The molecule has 10 heteroatoms. The van der Waals surface area contributed by atoms with Crippen LogP contribution in [0.5, 0.6) is 0 Å². The number of hydrogen-bond donors (Lipinski definition) is 2. The molecule has 0 spiro atoms. The third kappa shape index (κ3) is 4.91. The van der Waals surface area contributed by atoms with E-state index in [1.165, 1.54) is 0 Å².